The third-order valence-electron chi connectivity index (χ3n) is 2.58. The lowest BCUT2D eigenvalue weighted by Gasteiger charge is -2.23. The number of anilines is 1. The number of rotatable bonds is 1. The Morgan fingerprint density at radius 3 is 2.85 bits per heavy atom. The van der Waals surface area contributed by atoms with Crippen molar-refractivity contribution >= 4 is 5.69 Å². The highest BCUT2D eigenvalue weighted by atomic mass is 14.9. The van der Waals surface area contributed by atoms with E-state index in [1.165, 1.54) is 23.4 Å². The van der Waals surface area contributed by atoms with E-state index in [-0.39, 0.29) is 0 Å². The standard InChI is InChI=1S/C12H15N/c1-3-10-8-9(2)13-12-7-5-4-6-11(10)12/h4-8,10,13H,3H2,1-2H3/t10-/m0/s1. The molecule has 0 fully saturated rings. The topological polar surface area (TPSA) is 12.0 Å². The average Bonchev–Trinajstić information content (AvgIpc) is 2.16. The highest BCUT2D eigenvalue weighted by Crippen LogP contribution is 2.33. The van der Waals surface area contributed by atoms with Gasteiger partial charge in [0.25, 0.3) is 0 Å². The predicted octanol–water partition coefficient (Wildman–Crippen LogP) is 3.51. The predicted molar refractivity (Wildman–Crippen MR) is 56.9 cm³/mol. The Morgan fingerprint density at radius 1 is 1.31 bits per heavy atom. The molecule has 0 aliphatic carbocycles. The van der Waals surface area contributed by atoms with Gasteiger partial charge in [-0.2, -0.15) is 0 Å². The van der Waals surface area contributed by atoms with E-state index < -0.39 is 0 Å². The molecular weight excluding hydrogens is 158 g/mol. The van der Waals surface area contributed by atoms with Crippen LogP contribution in [-0.4, -0.2) is 0 Å². The summed E-state index contributed by atoms with van der Waals surface area (Å²) in [4.78, 5) is 0. The van der Waals surface area contributed by atoms with Crippen LogP contribution in [0.5, 0.6) is 0 Å². The second-order valence-electron chi connectivity index (χ2n) is 3.58. The minimum Gasteiger partial charge on any atom is -0.359 e. The molecule has 0 bridgehead atoms. The van der Waals surface area contributed by atoms with Gasteiger partial charge in [0.05, 0.1) is 0 Å². The summed E-state index contributed by atoms with van der Waals surface area (Å²) in [6.07, 6.45) is 3.48. The Morgan fingerprint density at radius 2 is 2.08 bits per heavy atom. The fourth-order valence-corrected chi connectivity index (χ4v) is 1.92. The third-order valence-corrected chi connectivity index (χ3v) is 2.58. The number of hydrogen-bond donors (Lipinski definition) is 1. The summed E-state index contributed by atoms with van der Waals surface area (Å²) < 4.78 is 0. The zero-order valence-electron chi connectivity index (χ0n) is 8.17. The minimum absolute atomic E-state index is 0.595. The zero-order chi connectivity index (χ0) is 9.26. The maximum atomic E-state index is 3.39. The van der Waals surface area contributed by atoms with Crippen molar-refractivity contribution in [3.63, 3.8) is 0 Å². The third kappa shape index (κ3) is 1.46. The van der Waals surface area contributed by atoms with Crippen LogP contribution in [0.1, 0.15) is 31.7 Å². The van der Waals surface area contributed by atoms with Crippen LogP contribution < -0.4 is 5.32 Å². The summed E-state index contributed by atoms with van der Waals surface area (Å²) in [6.45, 7) is 4.36. The van der Waals surface area contributed by atoms with Crippen molar-refractivity contribution in [1.29, 1.82) is 0 Å². The van der Waals surface area contributed by atoms with Gasteiger partial charge in [0, 0.05) is 17.3 Å². The second-order valence-corrected chi connectivity index (χ2v) is 3.58. The molecule has 1 aromatic rings. The average molecular weight is 173 g/mol. The maximum absolute atomic E-state index is 3.39. The van der Waals surface area contributed by atoms with Gasteiger partial charge in [0.15, 0.2) is 0 Å². The fraction of sp³-hybridized carbons (Fsp3) is 0.333. The van der Waals surface area contributed by atoms with E-state index in [1.807, 2.05) is 0 Å². The van der Waals surface area contributed by atoms with Crippen molar-refractivity contribution in [2.45, 2.75) is 26.2 Å². The van der Waals surface area contributed by atoms with Crippen LogP contribution in [-0.2, 0) is 0 Å². The molecule has 0 spiro atoms. The van der Waals surface area contributed by atoms with Crippen LogP contribution in [0.25, 0.3) is 0 Å². The lowest BCUT2D eigenvalue weighted by Crippen LogP contribution is -2.09. The number of hydrogen-bond acceptors (Lipinski definition) is 1. The fourth-order valence-electron chi connectivity index (χ4n) is 1.92. The Hall–Kier alpha value is -1.24. The smallest absolute Gasteiger partial charge is 0.0420 e. The van der Waals surface area contributed by atoms with Crippen LogP contribution in [0.4, 0.5) is 5.69 Å². The molecule has 1 aliphatic heterocycles. The van der Waals surface area contributed by atoms with E-state index >= 15 is 0 Å². The highest BCUT2D eigenvalue weighted by molar-refractivity contribution is 5.60. The Bertz CT molecular complexity index is 339. The van der Waals surface area contributed by atoms with Gasteiger partial charge in [-0.1, -0.05) is 31.2 Å². The molecule has 1 atom stereocenters. The molecule has 1 heteroatoms. The van der Waals surface area contributed by atoms with Crippen molar-refractivity contribution < 1.29 is 0 Å². The van der Waals surface area contributed by atoms with Gasteiger partial charge in [-0.25, -0.2) is 0 Å². The van der Waals surface area contributed by atoms with Crippen LogP contribution in [0, 0.1) is 0 Å². The molecular formula is C12H15N. The molecule has 1 heterocycles. The van der Waals surface area contributed by atoms with E-state index in [0.29, 0.717) is 5.92 Å². The zero-order valence-corrected chi connectivity index (χ0v) is 8.17. The molecule has 1 aromatic carbocycles. The SMILES string of the molecule is CC[C@H]1C=C(C)Nc2ccccc21. The molecule has 2 rings (SSSR count). The van der Waals surface area contributed by atoms with Crippen molar-refractivity contribution in [2.24, 2.45) is 0 Å². The molecule has 1 nitrogen and oxygen atoms in total. The summed E-state index contributed by atoms with van der Waals surface area (Å²) in [6, 6.07) is 8.54. The number of fused-ring (bicyclic) bond motifs is 1. The number of allylic oxidation sites excluding steroid dienone is 2. The summed E-state index contributed by atoms with van der Waals surface area (Å²) in [5.41, 5.74) is 3.97. The summed E-state index contributed by atoms with van der Waals surface area (Å²) in [5, 5.41) is 3.39. The molecule has 0 radical (unpaired) electrons. The first kappa shape index (κ1) is 8.36. The van der Waals surface area contributed by atoms with Crippen molar-refractivity contribution in [3.8, 4) is 0 Å². The molecule has 0 saturated carbocycles. The summed E-state index contributed by atoms with van der Waals surface area (Å²) in [5.74, 6) is 0.595. The summed E-state index contributed by atoms with van der Waals surface area (Å²) in [7, 11) is 0. The minimum atomic E-state index is 0.595. The monoisotopic (exact) mass is 173 g/mol. The van der Waals surface area contributed by atoms with E-state index in [0.717, 1.165) is 0 Å². The number of nitrogens with one attached hydrogen (secondary N) is 1. The van der Waals surface area contributed by atoms with E-state index in [1.54, 1.807) is 0 Å². The number of benzene rings is 1. The van der Waals surface area contributed by atoms with E-state index in [2.05, 4.69) is 49.5 Å². The highest BCUT2D eigenvalue weighted by Gasteiger charge is 2.15. The van der Waals surface area contributed by atoms with Gasteiger partial charge in [-0.3, -0.25) is 0 Å². The molecule has 0 saturated heterocycles. The Kier molecular flexibility index (Phi) is 2.09. The van der Waals surface area contributed by atoms with Gasteiger partial charge >= 0.3 is 0 Å². The molecule has 0 aromatic heterocycles. The first-order valence-corrected chi connectivity index (χ1v) is 4.85. The molecule has 13 heavy (non-hydrogen) atoms. The van der Waals surface area contributed by atoms with Gasteiger partial charge in [-0.05, 0) is 25.0 Å². The van der Waals surface area contributed by atoms with Gasteiger partial charge in [-0.15, -0.1) is 0 Å². The quantitative estimate of drug-likeness (QED) is 0.685. The Labute approximate surface area is 79.5 Å². The molecule has 1 aliphatic rings. The van der Waals surface area contributed by atoms with E-state index in [9.17, 15) is 0 Å². The van der Waals surface area contributed by atoms with E-state index in [4.69, 9.17) is 0 Å². The van der Waals surface area contributed by atoms with Crippen LogP contribution >= 0.6 is 0 Å². The molecule has 0 unspecified atom stereocenters. The van der Waals surface area contributed by atoms with Gasteiger partial charge in [0.2, 0.25) is 0 Å². The number of para-hydroxylation sites is 1. The first-order valence-electron chi connectivity index (χ1n) is 4.85. The first-order chi connectivity index (χ1) is 6.31. The molecule has 0 amide bonds. The second kappa shape index (κ2) is 3.25. The van der Waals surface area contributed by atoms with Crippen molar-refractivity contribution in [1.82, 2.24) is 0 Å². The van der Waals surface area contributed by atoms with Crippen LogP contribution in [0.3, 0.4) is 0 Å². The Balaban J connectivity index is 2.44. The molecule has 1 N–H and O–H groups in total. The van der Waals surface area contributed by atoms with Crippen molar-refractivity contribution in [2.75, 3.05) is 5.32 Å². The van der Waals surface area contributed by atoms with Crippen molar-refractivity contribution in [3.05, 3.63) is 41.6 Å². The van der Waals surface area contributed by atoms with Crippen LogP contribution in [0.15, 0.2) is 36.0 Å². The lowest BCUT2D eigenvalue weighted by atomic mass is 9.91. The van der Waals surface area contributed by atoms with Gasteiger partial charge < -0.3 is 5.32 Å². The largest absolute Gasteiger partial charge is 0.359 e. The van der Waals surface area contributed by atoms with Gasteiger partial charge in [0.1, 0.15) is 0 Å². The lowest BCUT2D eigenvalue weighted by molar-refractivity contribution is 0.790. The van der Waals surface area contributed by atoms with Crippen LogP contribution in [0.2, 0.25) is 0 Å². The maximum Gasteiger partial charge on any atom is 0.0420 e. The molecule has 68 valence electrons. The normalized spacial score (nSPS) is 20.2. The summed E-state index contributed by atoms with van der Waals surface area (Å²) >= 11 is 0.